The third kappa shape index (κ3) is 5.27. The van der Waals surface area contributed by atoms with Crippen LogP contribution in [-0.2, 0) is 0 Å². The van der Waals surface area contributed by atoms with Crippen LogP contribution in [-0.4, -0.2) is 0 Å². The fourth-order valence-electron chi connectivity index (χ4n) is 9.60. The molecule has 0 amide bonds. The highest BCUT2D eigenvalue weighted by Crippen LogP contribution is 2.50. The van der Waals surface area contributed by atoms with Crippen molar-refractivity contribution in [2.75, 3.05) is 9.80 Å². The summed E-state index contributed by atoms with van der Waals surface area (Å²) in [7, 11) is 0. The van der Waals surface area contributed by atoms with Gasteiger partial charge < -0.3 is 23.1 Å². The second-order valence-corrected chi connectivity index (χ2v) is 16.3. The highest BCUT2D eigenvalue weighted by atomic mass is 16.3. The molecule has 12 rings (SSSR count). The van der Waals surface area contributed by atoms with Gasteiger partial charge in [-0.1, -0.05) is 121 Å². The number of furan rings is 3. The normalized spacial score (nSPS) is 11.9. The van der Waals surface area contributed by atoms with Crippen molar-refractivity contribution in [1.29, 1.82) is 0 Å². The Bertz CT molecular complexity index is 3730. The standard InChI is InChI=1S/C56H40N2O3/c1-33-15-5-9-25-45(33)57(47-27-13-23-42-40-21-11-17-35(3)53(40)60-55(42)47)37-29-30-44-50(31-37)59-51-32-49(38-19-7-8-20-39(38)52(44)51)58(46-26-10-6-16-34(46)2)48-28-14-24-43-41-22-12-18-36(4)54(41)61-56(43)48/h5-32H,1-4H3. The zero-order valence-corrected chi connectivity index (χ0v) is 34.3. The van der Waals surface area contributed by atoms with E-state index in [0.717, 1.165) is 133 Å². The van der Waals surface area contributed by atoms with Crippen LogP contribution in [0.4, 0.5) is 34.1 Å². The molecule has 5 heteroatoms. The van der Waals surface area contributed by atoms with E-state index in [0.29, 0.717) is 0 Å². The van der Waals surface area contributed by atoms with E-state index in [1.807, 2.05) is 0 Å². The Morgan fingerprint density at radius 3 is 1.36 bits per heavy atom. The topological polar surface area (TPSA) is 45.9 Å². The molecule has 0 unspecified atom stereocenters. The molecule has 5 nitrogen and oxygen atoms in total. The molecule has 0 N–H and O–H groups in total. The third-order valence-electron chi connectivity index (χ3n) is 12.5. The summed E-state index contributed by atoms with van der Waals surface area (Å²) in [5.41, 5.74) is 15.7. The summed E-state index contributed by atoms with van der Waals surface area (Å²) in [5, 5.41) is 8.77. The number of rotatable bonds is 6. The van der Waals surface area contributed by atoms with Gasteiger partial charge in [0, 0.05) is 61.2 Å². The van der Waals surface area contributed by atoms with Gasteiger partial charge in [-0.2, -0.15) is 0 Å². The van der Waals surface area contributed by atoms with Crippen molar-refractivity contribution in [1.82, 2.24) is 0 Å². The van der Waals surface area contributed by atoms with E-state index >= 15 is 0 Å². The molecule has 61 heavy (non-hydrogen) atoms. The van der Waals surface area contributed by atoms with E-state index in [9.17, 15) is 0 Å². The molecule has 0 spiro atoms. The highest BCUT2D eigenvalue weighted by molar-refractivity contribution is 6.23. The van der Waals surface area contributed by atoms with Gasteiger partial charge in [-0.05, 0) is 91.7 Å². The van der Waals surface area contributed by atoms with Crippen LogP contribution in [0.2, 0.25) is 0 Å². The second kappa shape index (κ2) is 13.4. The molecule has 0 aliphatic rings. The van der Waals surface area contributed by atoms with Gasteiger partial charge in [-0.15, -0.1) is 0 Å². The summed E-state index contributed by atoms with van der Waals surface area (Å²) in [6.45, 7) is 8.54. The van der Waals surface area contributed by atoms with Crippen LogP contribution in [0.5, 0.6) is 0 Å². The van der Waals surface area contributed by atoms with E-state index in [2.05, 4.69) is 207 Å². The minimum atomic E-state index is 0.804. The Balaban J connectivity index is 1.10. The largest absolute Gasteiger partial charge is 0.456 e. The van der Waals surface area contributed by atoms with Crippen molar-refractivity contribution in [3.8, 4) is 0 Å². The van der Waals surface area contributed by atoms with E-state index in [4.69, 9.17) is 13.3 Å². The number of hydrogen-bond donors (Lipinski definition) is 0. The maximum Gasteiger partial charge on any atom is 0.159 e. The van der Waals surface area contributed by atoms with Gasteiger partial charge in [-0.3, -0.25) is 0 Å². The fourth-order valence-corrected chi connectivity index (χ4v) is 9.60. The van der Waals surface area contributed by atoms with E-state index in [1.54, 1.807) is 0 Å². The minimum Gasteiger partial charge on any atom is -0.456 e. The third-order valence-corrected chi connectivity index (χ3v) is 12.5. The van der Waals surface area contributed by atoms with Gasteiger partial charge in [-0.25, -0.2) is 0 Å². The summed E-state index contributed by atoms with van der Waals surface area (Å²) in [5.74, 6) is 0. The first-order valence-electron chi connectivity index (χ1n) is 20.8. The van der Waals surface area contributed by atoms with Crippen LogP contribution in [0.15, 0.2) is 183 Å². The first-order chi connectivity index (χ1) is 29.9. The Hall–Kier alpha value is -7.76. The zero-order valence-electron chi connectivity index (χ0n) is 34.3. The number of fused-ring (bicyclic) bond motifs is 11. The molecule has 0 saturated heterocycles. The number of anilines is 6. The quantitative estimate of drug-likeness (QED) is 0.168. The van der Waals surface area contributed by atoms with Crippen molar-refractivity contribution < 1.29 is 13.3 Å². The van der Waals surface area contributed by atoms with Crippen LogP contribution in [0.1, 0.15) is 22.3 Å². The zero-order chi connectivity index (χ0) is 40.9. The SMILES string of the molecule is Cc1ccccc1N(c1ccc2c(c1)oc1cc(N(c3ccccc3C)c3cccc4c3oc3c(C)cccc34)c3ccccc3c12)c1cccc2c1oc1c(C)cccc12. The Morgan fingerprint density at radius 1 is 0.295 bits per heavy atom. The molecule has 0 bridgehead atoms. The summed E-state index contributed by atoms with van der Waals surface area (Å²) in [6, 6.07) is 60.2. The first kappa shape index (κ1) is 35.2. The van der Waals surface area contributed by atoms with Crippen molar-refractivity contribution in [3.63, 3.8) is 0 Å². The van der Waals surface area contributed by atoms with Crippen LogP contribution in [0.25, 0.3) is 76.6 Å². The lowest BCUT2D eigenvalue weighted by Crippen LogP contribution is -2.12. The van der Waals surface area contributed by atoms with Crippen LogP contribution >= 0.6 is 0 Å². The number of para-hydroxylation sites is 6. The first-order valence-corrected chi connectivity index (χ1v) is 20.8. The molecule has 292 valence electrons. The lowest BCUT2D eigenvalue weighted by Gasteiger charge is -2.28. The monoisotopic (exact) mass is 788 g/mol. The van der Waals surface area contributed by atoms with Gasteiger partial charge in [0.1, 0.15) is 22.3 Å². The molecule has 0 fully saturated rings. The van der Waals surface area contributed by atoms with Crippen molar-refractivity contribution >= 4 is 111 Å². The van der Waals surface area contributed by atoms with E-state index < -0.39 is 0 Å². The van der Waals surface area contributed by atoms with E-state index in [-0.39, 0.29) is 0 Å². The molecular formula is C56H40N2O3. The Morgan fingerprint density at radius 2 is 0.754 bits per heavy atom. The number of hydrogen-bond acceptors (Lipinski definition) is 5. The average Bonchev–Trinajstić information content (AvgIpc) is 3.98. The predicted molar refractivity (Wildman–Crippen MR) is 254 cm³/mol. The lowest BCUT2D eigenvalue weighted by molar-refractivity contribution is 0.665. The van der Waals surface area contributed by atoms with Gasteiger partial charge in [0.2, 0.25) is 0 Å². The summed E-state index contributed by atoms with van der Waals surface area (Å²) < 4.78 is 20.6. The van der Waals surface area contributed by atoms with Gasteiger partial charge in [0.15, 0.2) is 11.2 Å². The smallest absolute Gasteiger partial charge is 0.159 e. The van der Waals surface area contributed by atoms with Gasteiger partial charge >= 0.3 is 0 Å². The molecule has 0 aliphatic carbocycles. The van der Waals surface area contributed by atoms with Crippen LogP contribution in [0, 0.1) is 27.7 Å². The Kier molecular flexibility index (Phi) is 7.72. The van der Waals surface area contributed by atoms with Gasteiger partial charge in [0.25, 0.3) is 0 Å². The Labute approximate surface area is 352 Å². The maximum absolute atomic E-state index is 7.05. The number of nitrogens with zero attached hydrogens (tertiary/aromatic N) is 2. The van der Waals surface area contributed by atoms with Crippen molar-refractivity contribution in [3.05, 3.63) is 192 Å². The summed E-state index contributed by atoms with van der Waals surface area (Å²) in [6.07, 6.45) is 0. The van der Waals surface area contributed by atoms with Crippen molar-refractivity contribution in [2.24, 2.45) is 0 Å². The van der Waals surface area contributed by atoms with Crippen LogP contribution in [0.3, 0.4) is 0 Å². The molecule has 0 saturated carbocycles. The average molecular weight is 789 g/mol. The second-order valence-electron chi connectivity index (χ2n) is 16.3. The van der Waals surface area contributed by atoms with E-state index in [1.165, 1.54) is 0 Å². The molecule has 0 radical (unpaired) electrons. The minimum absolute atomic E-state index is 0.804. The number of aryl methyl sites for hydroxylation is 4. The van der Waals surface area contributed by atoms with Gasteiger partial charge in [0.05, 0.1) is 22.7 Å². The fraction of sp³-hybridized carbons (Fsp3) is 0.0714. The molecule has 3 aromatic heterocycles. The number of benzene rings is 9. The molecular weight excluding hydrogens is 749 g/mol. The summed E-state index contributed by atoms with van der Waals surface area (Å²) in [4.78, 5) is 4.66. The lowest BCUT2D eigenvalue weighted by atomic mass is 9.99. The molecule has 9 aromatic carbocycles. The molecule has 3 heterocycles. The summed E-state index contributed by atoms with van der Waals surface area (Å²) >= 11 is 0. The van der Waals surface area contributed by atoms with Crippen LogP contribution < -0.4 is 9.80 Å². The van der Waals surface area contributed by atoms with Crippen molar-refractivity contribution in [2.45, 2.75) is 27.7 Å². The highest BCUT2D eigenvalue weighted by Gasteiger charge is 2.26. The molecule has 0 aliphatic heterocycles. The molecule has 0 atom stereocenters. The molecule has 12 aromatic rings. The predicted octanol–water partition coefficient (Wildman–Crippen LogP) is 16.7. The maximum atomic E-state index is 7.05.